The van der Waals surface area contributed by atoms with Crippen LogP contribution in [0.1, 0.15) is 10.9 Å². The Kier molecular flexibility index (Phi) is 4.16. The van der Waals surface area contributed by atoms with Crippen LogP contribution in [0.25, 0.3) is 11.5 Å². The summed E-state index contributed by atoms with van der Waals surface area (Å²) in [6.45, 7) is 1.93. The van der Waals surface area contributed by atoms with Gasteiger partial charge in [0.05, 0.1) is 12.9 Å². The van der Waals surface area contributed by atoms with E-state index in [0.29, 0.717) is 17.5 Å². The highest BCUT2D eigenvalue weighted by atomic mass is 32.2. The standard InChI is InChI=1S/C13H12N4O2S2/c1-8-14-17-13(21-8)20-7-11-15-16-12(19-11)9-3-5-10(18-2)6-4-9/h3-6H,7H2,1-2H3. The van der Waals surface area contributed by atoms with Gasteiger partial charge in [-0.25, -0.2) is 0 Å². The Labute approximate surface area is 129 Å². The molecule has 0 saturated carbocycles. The Balaban J connectivity index is 1.67. The van der Waals surface area contributed by atoms with Crippen molar-refractivity contribution >= 4 is 23.1 Å². The topological polar surface area (TPSA) is 73.9 Å². The van der Waals surface area contributed by atoms with Crippen LogP contribution in [-0.2, 0) is 5.75 Å². The lowest BCUT2D eigenvalue weighted by Crippen LogP contribution is -1.82. The second-order valence-electron chi connectivity index (χ2n) is 4.11. The van der Waals surface area contributed by atoms with Gasteiger partial charge < -0.3 is 9.15 Å². The molecule has 0 aliphatic rings. The minimum Gasteiger partial charge on any atom is -0.497 e. The van der Waals surface area contributed by atoms with Crippen molar-refractivity contribution in [1.82, 2.24) is 20.4 Å². The molecule has 2 heterocycles. The molecule has 8 heteroatoms. The van der Waals surface area contributed by atoms with Gasteiger partial charge in [0.2, 0.25) is 11.8 Å². The predicted octanol–water partition coefficient (Wildman–Crippen LogP) is 3.20. The number of ether oxygens (including phenoxy) is 1. The van der Waals surface area contributed by atoms with Gasteiger partial charge >= 0.3 is 0 Å². The third-order valence-corrected chi connectivity index (χ3v) is 4.59. The molecule has 0 fully saturated rings. The van der Waals surface area contributed by atoms with Crippen molar-refractivity contribution in [1.29, 1.82) is 0 Å². The highest BCUT2D eigenvalue weighted by Gasteiger charge is 2.10. The second-order valence-corrected chi connectivity index (χ2v) is 6.51. The zero-order valence-corrected chi connectivity index (χ0v) is 13.1. The van der Waals surface area contributed by atoms with Gasteiger partial charge in [0, 0.05) is 5.56 Å². The number of thioether (sulfide) groups is 1. The maximum Gasteiger partial charge on any atom is 0.247 e. The van der Waals surface area contributed by atoms with E-state index in [1.807, 2.05) is 31.2 Å². The number of nitrogens with zero attached hydrogens (tertiary/aromatic N) is 4. The lowest BCUT2D eigenvalue weighted by atomic mass is 10.2. The second kappa shape index (κ2) is 6.23. The summed E-state index contributed by atoms with van der Waals surface area (Å²) in [6, 6.07) is 7.49. The normalized spacial score (nSPS) is 10.8. The summed E-state index contributed by atoms with van der Waals surface area (Å²) in [5.74, 6) is 2.44. The van der Waals surface area contributed by atoms with Crippen LogP contribution in [0, 0.1) is 6.92 Å². The van der Waals surface area contributed by atoms with Crippen molar-refractivity contribution in [2.45, 2.75) is 17.0 Å². The van der Waals surface area contributed by atoms with Gasteiger partial charge in [-0.05, 0) is 31.2 Å². The number of rotatable bonds is 5. The molecule has 2 aromatic heterocycles. The molecule has 0 spiro atoms. The average molecular weight is 320 g/mol. The van der Waals surface area contributed by atoms with Gasteiger partial charge in [-0.1, -0.05) is 23.1 Å². The zero-order chi connectivity index (χ0) is 14.7. The van der Waals surface area contributed by atoms with Crippen molar-refractivity contribution < 1.29 is 9.15 Å². The molecule has 21 heavy (non-hydrogen) atoms. The fourth-order valence-corrected chi connectivity index (χ4v) is 3.27. The molecule has 6 nitrogen and oxygen atoms in total. The summed E-state index contributed by atoms with van der Waals surface area (Å²) >= 11 is 3.09. The first-order valence-electron chi connectivity index (χ1n) is 6.14. The molecule has 0 aliphatic carbocycles. The van der Waals surface area contributed by atoms with Gasteiger partial charge in [0.15, 0.2) is 4.34 Å². The fraction of sp³-hybridized carbons (Fsp3) is 0.231. The quantitative estimate of drug-likeness (QED) is 0.668. The van der Waals surface area contributed by atoms with Crippen LogP contribution in [0.15, 0.2) is 33.0 Å². The minimum absolute atomic E-state index is 0.502. The molecular formula is C13H12N4O2S2. The van der Waals surface area contributed by atoms with Crippen LogP contribution in [-0.4, -0.2) is 27.5 Å². The monoisotopic (exact) mass is 320 g/mol. The summed E-state index contributed by atoms with van der Waals surface area (Å²) in [5.41, 5.74) is 0.867. The van der Waals surface area contributed by atoms with Crippen molar-refractivity contribution in [3.05, 3.63) is 35.2 Å². The van der Waals surface area contributed by atoms with E-state index in [1.54, 1.807) is 18.4 Å². The van der Waals surface area contributed by atoms with Crippen LogP contribution in [0.3, 0.4) is 0 Å². The van der Waals surface area contributed by atoms with E-state index in [9.17, 15) is 0 Å². The molecule has 0 amide bonds. The number of aromatic nitrogens is 4. The largest absolute Gasteiger partial charge is 0.497 e. The molecule has 3 rings (SSSR count). The number of aryl methyl sites for hydroxylation is 1. The Morgan fingerprint density at radius 1 is 1.14 bits per heavy atom. The average Bonchev–Trinajstić information content (AvgIpc) is 3.14. The van der Waals surface area contributed by atoms with E-state index >= 15 is 0 Å². The van der Waals surface area contributed by atoms with Gasteiger partial charge in [-0.2, -0.15) is 0 Å². The van der Waals surface area contributed by atoms with Crippen LogP contribution in [0.2, 0.25) is 0 Å². The van der Waals surface area contributed by atoms with Crippen LogP contribution in [0.5, 0.6) is 5.75 Å². The first-order valence-corrected chi connectivity index (χ1v) is 7.94. The molecule has 0 N–H and O–H groups in total. The van der Waals surface area contributed by atoms with Crippen LogP contribution < -0.4 is 4.74 Å². The molecule has 1 aromatic carbocycles. The Morgan fingerprint density at radius 2 is 1.95 bits per heavy atom. The Bertz CT molecular complexity index is 724. The molecule has 3 aromatic rings. The molecule has 0 atom stereocenters. The van der Waals surface area contributed by atoms with Crippen molar-refractivity contribution in [3.63, 3.8) is 0 Å². The van der Waals surface area contributed by atoms with E-state index in [0.717, 1.165) is 20.7 Å². The molecule has 0 saturated heterocycles. The molecule has 0 unspecified atom stereocenters. The van der Waals surface area contributed by atoms with Gasteiger partial charge in [0.1, 0.15) is 10.8 Å². The van der Waals surface area contributed by atoms with Crippen molar-refractivity contribution in [2.24, 2.45) is 0 Å². The number of hydrogen-bond donors (Lipinski definition) is 0. The summed E-state index contributed by atoms with van der Waals surface area (Å²) in [6.07, 6.45) is 0. The van der Waals surface area contributed by atoms with Gasteiger partial charge in [-0.15, -0.1) is 20.4 Å². The molecular weight excluding hydrogens is 308 g/mol. The first kappa shape index (κ1) is 14.0. The number of benzene rings is 1. The Morgan fingerprint density at radius 3 is 2.62 bits per heavy atom. The smallest absolute Gasteiger partial charge is 0.247 e. The third-order valence-electron chi connectivity index (χ3n) is 2.63. The fourth-order valence-electron chi connectivity index (χ4n) is 1.62. The molecule has 108 valence electrons. The van der Waals surface area contributed by atoms with Gasteiger partial charge in [0.25, 0.3) is 0 Å². The zero-order valence-electron chi connectivity index (χ0n) is 11.4. The SMILES string of the molecule is COc1ccc(-c2nnc(CSc3nnc(C)s3)o2)cc1. The van der Waals surface area contributed by atoms with E-state index in [1.165, 1.54) is 11.8 Å². The maximum absolute atomic E-state index is 5.64. The minimum atomic E-state index is 0.502. The summed E-state index contributed by atoms with van der Waals surface area (Å²) in [5, 5.41) is 17.1. The summed E-state index contributed by atoms with van der Waals surface area (Å²) in [7, 11) is 1.63. The molecule has 0 bridgehead atoms. The van der Waals surface area contributed by atoms with E-state index < -0.39 is 0 Å². The van der Waals surface area contributed by atoms with E-state index in [2.05, 4.69) is 20.4 Å². The lowest BCUT2D eigenvalue weighted by Gasteiger charge is -1.99. The lowest BCUT2D eigenvalue weighted by molar-refractivity contribution is 0.415. The predicted molar refractivity (Wildman–Crippen MR) is 80.5 cm³/mol. The van der Waals surface area contributed by atoms with Crippen molar-refractivity contribution in [2.75, 3.05) is 7.11 Å². The summed E-state index contributed by atoms with van der Waals surface area (Å²) < 4.78 is 11.7. The third kappa shape index (κ3) is 3.40. The number of hydrogen-bond acceptors (Lipinski definition) is 8. The Hall–Kier alpha value is -1.93. The van der Waals surface area contributed by atoms with Gasteiger partial charge in [-0.3, -0.25) is 0 Å². The number of methoxy groups -OCH3 is 1. The van der Waals surface area contributed by atoms with E-state index in [4.69, 9.17) is 9.15 Å². The highest BCUT2D eigenvalue weighted by Crippen LogP contribution is 2.27. The molecule has 0 radical (unpaired) electrons. The maximum atomic E-state index is 5.64. The van der Waals surface area contributed by atoms with E-state index in [-0.39, 0.29) is 0 Å². The molecule has 0 aliphatic heterocycles. The van der Waals surface area contributed by atoms with Crippen LogP contribution in [0.4, 0.5) is 0 Å². The first-order chi connectivity index (χ1) is 10.2. The highest BCUT2D eigenvalue weighted by molar-refractivity contribution is 8.00. The van der Waals surface area contributed by atoms with Crippen LogP contribution >= 0.6 is 23.1 Å². The van der Waals surface area contributed by atoms with Crippen molar-refractivity contribution in [3.8, 4) is 17.2 Å². The summed E-state index contributed by atoms with van der Waals surface area (Å²) in [4.78, 5) is 0.